The summed E-state index contributed by atoms with van der Waals surface area (Å²) >= 11 is 3.31. The molecule has 0 heterocycles. The van der Waals surface area contributed by atoms with E-state index in [9.17, 15) is 9.18 Å². The molecular formula is C17H17BrFNO2. The van der Waals surface area contributed by atoms with Crippen molar-refractivity contribution in [1.29, 1.82) is 0 Å². The van der Waals surface area contributed by atoms with Gasteiger partial charge in [0.05, 0.1) is 0 Å². The van der Waals surface area contributed by atoms with E-state index in [0.717, 1.165) is 5.56 Å². The molecule has 0 saturated heterocycles. The van der Waals surface area contributed by atoms with Crippen LogP contribution in [0.2, 0.25) is 0 Å². The summed E-state index contributed by atoms with van der Waals surface area (Å²) < 4.78 is 19.4. The fourth-order valence-electron chi connectivity index (χ4n) is 1.88. The average Bonchev–Trinajstić information content (AvgIpc) is 2.53. The lowest BCUT2D eigenvalue weighted by Crippen LogP contribution is -2.26. The molecule has 3 nitrogen and oxygen atoms in total. The highest BCUT2D eigenvalue weighted by Crippen LogP contribution is 2.21. The molecule has 0 saturated carbocycles. The summed E-state index contributed by atoms with van der Waals surface area (Å²) in [5.74, 6) is 0.258. The number of amides is 1. The lowest BCUT2D eigenvalue weighted by Gasteiger charge is -2.15. The number of carbonyl (C=O) groups excluding carboxylic acids is 1. The van der Waals surface area contributed by atoms with Crippen LogP contribution in [0.4, 0.5) is 4.39 Å². The molecule has 0 bridgehead atoms. The van der Waals surface area contributed by atoms with Crippen LogP contribution in [0.15, 0.2) is 46.9 Å². The standard InChI is InChI=1S/C17H17BrFNO2/c1-3-20(2)17(21)12-5-4-6-15(9-12)22-11-13-7-8-14(19)10-16(13)18/h4-10H,3,11H2,1-2H3. The van der Waals surface area contributed by atoms with Crippen LogP contribution < -0.4 is 4.74 Å². The van der Waals surface area contributed by atoms with Crippen molar-refractivity contribution < 1.29 is 13.9 Å². The number of rotatable bonds is 5. The topological polar surface area (TPSA) is 29.5 Å². The average molecular weight is 366 g/mol. The van der Waals surface area contributed by atoms with Crippen molar-refractivity contribution >= 4 is 21.8 Å². The van der Waals surface area contributed by atoms with Gasteiger partial charge in [-0.15, -0.1) is 0 Å². The first kappa shape index (κ1) is 16.5. The number of nitrogens with zero attached hydrogens (tertiary/aromatic N) is 1. The van der Waals surface area contributed by atoms with Gasteiger partial charge in [-0.05, 0) is 37.3 Å². The number of carbonyl (C=O) groups is 1. The molecule has 0 aliphatic carbocycles. The molecule has 0 atom stereocenters. The van der Waals surface area contributed by atoms with E-state index in [1.54, 1.807) is 42.3 Å². The minimum absolute atomic E-state index is 0.0455. The maximum absolute atomic E-state index is 13.0. The second-order valence-electron chi connectivity index (χ2n) is 4.87. The smallest absolute Gasteiger partial charge is 0.253 e. The van der Waals surface area contributed by atoms with Crippen LogP contribution in [-0.2, 0) is 6.61 Å². The molecular weight excluding hydrogens is 349 g/mol. The third-order valence-electron chi connectivity index (χ3n) is 3.31. The molecule has 2 aromatic carbocycles. The summed E-state index contributed by atoms with van der Waals surface area (Å²) in [6.45, 7) is 2.86. The molecule has 0 aliphatic rings. The van der Waals surface area contributed by atoms with Gasteiger partial charge in [-0.3, -0.25) is 4.79 Å². The fraction of sp³-hybridized carbons (Fsp3) is 0.235. The van der Waals surface area contributed by atoms with Gasteiger partial charge in [-0.1, -0.05) is 28.1 Å². The van der Waals surface area contributed by atoms with Crippen molar-refractivity contribution in [3.63, 3.8) is 0 Å². The highest BCUT2D eigenvalue weighted by Gasteiger charge is 2.11. The molecule has 1 amide bonds. The third kappa shape index (κ3) is 4.07. The number of ether oxygens (including phenoxy) is 1. The summed E-state index contributed by atoms with van der Waals surface area (Å²) in [6, 6.07) is 11.5. The van der Waals surface area contributed by atoms with Gasteiger partial charge in [-0.25, -0.2) is 4.39 Å². The lowest BCUT2D eigenvalue weighted by atomic mass is 10.2. The maximum atomic E-state index is 13.0. The van der Waals surface area contributed by atoms with Crippen LogP contribution in [-0.4, -0.2) is 24.4 Å². The number of hydrogen-bond acceptors (Lipinski definition) is 2. The van der Waals surface area contributed by atoms with E-state index >= 15 is 0 Å². The Bertz CT molecular complexity index is 675. The normalized spacial score (nSPS) is 10.4. The summed E-state index contributed by atoms with van der Waals surface area (Å²) in [6.07, 6.45) is 0. The Hall–Kier alpha value is -1.88. The van der Waals surface area contributed by atoms with Gasteiger partial charge in [0.2, 0.25) is 0 Å². The monoisotopic (exact) mass is 365 g/mol. The zero-order valence-corrected chi connectivity index (χ0v) is 14.1. The summed E-state index contributed by atoms with van der Waals surface area (Å²) in [5.41, 5.74) is 1.42. The zero-order chi connectivity index (χ0) is 16.1. The zero-order valence-electron chi connectivity index (χ0n) is 12.5. The Morgan fingerprint density at radius 1 is 1.27 bits per heavy atom. The number of benzene rings is 2. The van der Waals surface area contributed by atoms with E-state index in [-0.39, 0.29) is 11.7 Å². The fourth-order valence-corrected chi connectivity index (χ4v) is 2.35. The first-order valence-electron chi connectivity index (χ1n) is 6.93. The van der Waals surface area contributed by atoms with E-state index in [0.29, 0.717) is 28.9 Å². The second-order valence-corrected chi connectivity index (χ2v) is 5.73. The van der Waals surface area contributed by atoms with Crippen molar-refractivity contribution in [3.05, 3.63) is 63.9 Å². The quantitative estimate of drug-likeness (QED) is 0.792. The van der Waals surface area contributed by atoms with Gasteiger partial charge >= 0.3 is 0 Å². The van der Waals surface area contributed by atoms with E-state index < -0.39 is 0 Å². The predicted octanol–water partition coefficient (Wildman–Crippen LogP) is 4.26. The van der Waals surface area contributed by atoms with Crippen LogP contribution in [0.25, 0.3) is 0 Å². The van der Waals surface area contributed by atoms with Crippen molar-refractivity contribution in [2.45, 2.75) is 13.5 Å². The van der Waals surface area contributed by atoms with Crippen molar-refractivity contribution in [2.24, 2.45) is 0 Å². The Morgan fingerprint density at radius 2 is 2.05 bits per heavy atom. The maximum Gasteiger partial charge on any atom is 0.253 e. The van der Waals surface area contributed by atoms with Gasteiger partial charge in [0, 0.05) is 29.2 Å². The number of halogens is 2. The predicted molar refractivity (Wildman–Crippen MR) is 87.5 cm³/mol. The molecule has 0 radical (unpaired) electrons. The molecule has 2 rings (SSSR count). The van der Waals surface area contributed by atoms with Gasteiger partial charge in [0.15, 0.2) is 0 Å². The molecule has 0 aliphatic heterocycles. The Labute approximate surface area is 137 Å². The largest absolute Gasteiger partial charge is 0.489 e. The Kier molecular flexibility index (Phi) is 5.55. The van der Waals surface area contributed by atoms with Crippen LogP contribution in [0.5, 0.6) is 5.75 Å². The molecule has 5 heteroatoms. The second kappa shape index (κ2) is 7.40. The first-order chi connectivity index (χ1) is 10.5. The first-order valence-corrected chi connectivity index (χ1v) is 7.72. The SMILES string of the molecule is CCN(C)C(=O)c1cccc(OCc2ccc(F)cc2Br)c1. The molecule has 0 spiro atoms. The molecule has 22 heavy (non-hydrogen) atoms. The highest BCUT2D eigenvalue weighted by atomic mass is 79.9. The van der Waals surface area contributed by atoms with E-state index in [1.807, 2.05) is 6.92 Å². The number of hydrogen-bond donors (Lipinski definition) is 0. The van der Waals surface area contributed by atoms with Crippen LogP contribution >= 0.6 is 15.9 Å². The molecule has 0 unspecified atom stereocenters. The molecule has 0 N–H and O–H groups in total. The molecule has 116 valence electrons. The molecule has 2 aromatic rings. The highest BCUT2D eigenvalue weighted by molar-refractivity contribution is 9.10. The van der Waals surface area contributed by atoms with Gasteiger partial charge in [-0.2, -0.15) is 0 Å². The lowest BCUT2D eigenvalue weighted by molar-refractivity contribution is 0.0802. The van der Waals surface area contributed by atoms with Crippen molar-refractivity contribution in [2.75, 3.05) is 13.6 Å². The Balaban J connectivity index is 2.09. The van der Waals surface area contributed by atoms with Crippen molar-refractivity contribution in [3.8, 4) is 5.75 Å². The molecule has 0 fully saturated rings. The van der Waals surface area contributed by atoms with Crippen LogP contribution in [0.3, 0.4) is 0 Å². The van der Waals surface area contributed by atoms with E-state index in [1.165, 1.54) is 12.1 Å². The van der Waals surface area contributed by atoms with Crippen LogP contribution in [0.1, 0.15) is 22.8 Å². The van der Waals surface area contributed by atoms with Gasteiger partial charge in [0.1, 0.15) is 18.2 Å². The Morgan fingerprint density at radius 3 is 2.73 bits per heavy atom. The summed E-state index contributed by atoms with van der Waals surface area (Å²) in [7, 11) is 1.76. The van der Waals surface area contributed by atoms with Crippen LogP contribution in [0, 0.1) is 5.82 Å². The minimum Gasteiger partial charge on any atom is -0.489 e. The molecule has 0 aromatic heterocycles. The van der Waals surface area contributed by atoms with Crippen molar-refractivity contribution in [1.82, 2.24) is 4.90 Å². The summed E-state index contributed by atoms with van der Waals surface area (Å²) in [4.78, 5) is 13.7. The minimum atomic E-state index is -0.300. The van der Waals surface area contributed by atoms with E-state index in [4.69, 9.17) is 4.74 Å². The van der Waals surface area contributed by atoms with E-state index in [2.05, 4.69) is 15.9 Å². The third-order valence-corrected chi connectivity index (χ3v) is 4.05. The van der Waals surface area contributed by atoms with Gasteiger partial charge < -0.3 is 9.64 Å². The summed E-state index contributed by atoms with van der Waals surface area (Å²) in [5, 5.41) is 0. The van der Waals surface area contributed by atoms with Gasteiger partial charge in [0.25, 0.3) is 5.91 Å².